The zero-order valence-corrected chi connectivity index (χ0v) is 6.39. The number of hydrogen-bond acceptors (Lipinski definition) is 2. The maximum absolute atomic E-state index is 10.1. The van der Waals surface area contributed by atoms with E-state index in [9.17, 15) is 4.79 Å². The number of hydrogen-bond donors (Lipinski definition) is 1. The molecular formula is C7H13NO2. The van der Waals surface area contributed by atoms with Crippen LogP contribution in [0.1, 0.15) is 13.8 Å². The average Bonchev–Trinajstić information content (AvgIpc) is 1.83. The topological polar surface area (TPSA) is 38.3 Å². The first-order valence-corrected chi connectivity index (χ1v) is 3.46. The van der Waals surface area contributed by atoms with Crippen molar-refractivity contribution >= 4 is 6.41 Å². The summed E-state index contributed by atoms with van der Waals surface area (Å²) >= 11 is 0. The van der Waals surface area contributed by atoms with E-state index < -0.39 is 0 Å². The Kier molecular flexibility index (Phi) is 1.94. The quantitative estimate of drug-likeness (QED) is 0.571. The zero-order valence-electron chi connectivity index (χ0n) is 6.39. The first-order valence-electron chi connectivity index (χ1n) is 3.46. The van der Waals surface area contributed by atoms with Crippen LogP contribution in [0.2, 0.25) is 0 Å². The maximum atomic E-state index is 10.1. The fourth-order valence-corrected chi connectivity index (χ4v) is 0.977. The molecule has 0 aromatic carbocycles. The Morgan fingerprint density at radius 2 is 2.30 bits per heavy atom. The van der Waals surface area contributed by atoms with Crippen molar-refractivity contribution in [3.05, 3.63) is 0 Å². The van der Waals surface area contributed by atoms with Crippen LogP contribution in [0.3, 0.4) is 0 Å². The molecule has 1 heterocycles. The molecule has 0 radical (unpaired) electrons. The van der Waals surface area contributed by atoms with Crippen molar-refractivity contribution in [1.29, 1.82) is 0 Å². The lowest BCUT2D eigenvalue weighted by Crippen LogP contribution is -2.53. The van der Waals surface area contributed by atoms with Gasteiger partial charge in [-0.15, -0.1) is 0 Å². The highest BCUT2D eigenvalue weighted by Gasteiger charge is 2.38. The molecule has 3 heteroatoms. The molecule has 1 unspecified atom stereocenters. The van der Waals surface area contributed by atoms with Crippen LogP contribution in [0.4, 0.5) is 0 Å². The molecule has 1 fully saturated rings. The van der Waals surface area contributed by atoms with E-state index in [4.69, 9.17) is 4.74 Å². The summed E-state index contributed by atoms with van der Waals surface area (Å²) in [7, 11) is 0. The van der Waals surface area contributed by atoms with Crippen LogP contribution in [-0.2, 0) is 9.53 Å². The Labute approximate surface area is 60.7 Å². The third kappa shape index (κ3) is 1.14. The van der Waals surface area contributed by atoms with E-state index in [-0.39, 0.29) is 11.5 Å². The molecular weight excluding hydrogens is 130 g/mol. The third-order valence-corrected chi connectivity index (χ3v) is 2.23. The molecule has 1 aliphatic rings. The summed E-state index contributed by atoms with van der Waals surface area (Å²) in [5.41, 5.74) is 0.168. The molecule has 0 aromatic rings. The largest absolute Gasteiger partial charge is 0.380 e. The van der Waals surface area contributed by atoms with Gasteiger partial charge in [-0.3, -0.25) is 4.79 Å². The van der Waals surface area contributed by atoms with Gasteiger partial charge in [0, 0.05) is 11.5 Å². The molecule has 0 aliphatic carbocycles. The Morgan fingerprint density at radius 1 is 1.70 bits per heavy atom. The van der Waals surface area contributed by atoms with E-state index in [1.54, 1.807) is 0 Å². The second-order valence-electron chi connectivity index (χ2n) is 3.15. The van der Waals surface area contributed by atoms with Gasteiger partial charge in [-0.2, -0.15) is 0 Å². The lowest BCUT2D eigenvalue weighted by molar-refractivity contribution is -0.127. The number of rotatable bonds is 3. The zero-order chi connectivity index (χ0) is 7.61. The van der Waals surface area contributed by atoms with Crippen LogP contribution in [0, 0.1) is 5.41 Å². The average molecular weight is 143 g/mol. The van der Waals surface area contributed by atoms with E-state index >= 15 is 0 Å². The molecule has 10 heavy (non-hydrogen) atoms. The van der Waals surface area contributed by atoms with Crippen molar-refractivity contribution in [3.63, 3.8) is 0 Å². The lowest BCUT2D eigenvalue weighted by Gasteiger charge is -2.42. The highest BCUT2D eigenvalue weighted by atomic mass is 16.5. The van der Waals surface area contributed by atoms with Gasteiger partial charge in [0.15, 0.2) is 0 Å². The Hall–Kier alpha value is -0.570. The molecule has 1 rings (SSSR count). The SMILES string of the molecule is CC(NC=O)C1(C)COC1. The molecule has 0 bridgehead atoms. The van der Waals surface area contributed by atoms with Crippen LogP contribution in [0.15, 0.2) is 0 Å². The van der Waals surface area contributed by atoms with Crippen molar-refractivity contribution in [2.24, 2.45) is 5.41 Å². The molecule has 0 spiro atoms. The summed E-state index contributed by atoms with van der Waals surface area (Å²) in [6.07, 6.45) is 0.744. The number of carbonyl (C=O) groups excluding carboxylic acids is 1. The summed E-state index contributed by atoms with van der Waals surface area (Å²) in [5, 5.41) is 2.73. The summed E-state index contributed by atoms with van der Waals surface area (Å²) in [6, 6.07) is 0.221. The van der Waals surface area contributed by atoms with Gasteiger partial charge in [-0.05, 0) is 6.92 Å². The predicted octanol–water partition coefficient (Wildman–Crippen LogP) is 0.157. The van der Waals surface area contributed by atoms with E-state index in [0.29, 0.717) is 0 Å². The minimum absolute atomic E-state index is 0.168. The van der Waals surface area contributed by atoms with E-state index in [1.807, 2.05) is 6.92 Å². The first-order chi connectivity index (χ1) is 4.69. The second-order valence-corrected chi connectivity index (χ2v) is 3.15. The van der Waals surface area contributed by atoms with Gasteiger partial charge < -0.3 is 10.1 Å². The van der Waals surface area contributed by atoms with Crippen LogP contribution in [-0.4, -0.2) is 25.7 Å². The standard InChI is InChI=1S/C7H13NO2/c1-6(8-5-9)7(2)3-10-4-7/h5-6H,3-4H2,1-2H3,(H,8,9). The molecule has 1 N–H and O–H groups in total. The predicted molar refractivity (Wildman–Crippen MR) is 37.6 cm³/mol. The summed E-state index contributed by atoms with van der Waals surface area (Å²) in [5.74, 6) is 0. The Balaban J connectivity index is 2.38. The van der Waals surface area contributed by atoms with Crippen molar-refractivity contribution in [2.45, 2.75) is 19.9 Å². The lowest BCUT2D eigenvalue weighted by atomic mass is 9.81. The van der Waals surface area contributed by atoms with Crippen molar-refractivity contribution in [3.8, 4) is 0 Å². The minimum Gasteiger partial charge on any atom is -0.380 e. The van der Waals surface area contributed by atoms with E-state index in [2.05, 4.69) is 12.2 Å². The fourth-order valence-electron chi connectivity index (χ4n) is 0.977. The summed E-state index contributed by atoms with van der Waals surface area (Å²) < 4.78 is 5.05. The molecule has 1 amide bonds. The second kappa shape index (κ2) is 2.58. The van der Waals surface area contributed by atoms with Crippen molar-refractivity contribution in [1.82, 2.24) is 5.32 Å². The van der Waals surface area contributed by atoms with E-state index in [1.165, 1.54) is 0 Å². The Bertz CT molecular complexity index is 132. The van der Waals surface area contributed by atoms with Gasteiger partial charge in [-0.25, -0.2) is 0 Å². The van der Waals surface area contributed by atoms with Gasteiger partial charge in [0.2, 0.25) is 6.41 Å². The molecule has 1 aliphatic heterocycles. The summed E-state index contributed by atoms with van der Waals surface area (Å²) in [6.45, 7) is 5.62. The van der Waals surface area contributed by atoms with Gasteiger partial charge in [0.25, 0.3) is 0 Å². The van der Waals surface area contributed by atoms with Gasteiger partial charge >= 0.3 is 0 Å². The van der Waals surface area contributed by atoms with Crippen molar-refractivity contribution < 1.29 is 9.53 Å². The van der Waals surface area contributed by atoms with Crippen molar-refractivity contribution in [2.75, 3.05) is 13.2 Å². The van der Waals surface area contributed by atoms with Crippen LogP contribution < -0.4 is 5.32 Å². The monoisotopic (exact) mass is 143 g/mol. The maximum Gasteiger partial charge on any atom is 0.207 e. The first kappa shape index (κ1) is 7.54. The van der Waals surface area contributed by atoms with Gasteiger partial charge in [0.1, 0.15) is 0 Å². The molecule has 3 nitrogen and oxygen atoms in total. The van der Waals surface area contributed by atoms with Gasteiger partial charge in [0.05, 0.1) is 13.2 Å². The van der Waals surface area contributed by atoms with E-state index in [0.717, 1.165) is 19.6 Å². The fraction of sp³-hybridized carbons (Fsp3) is 0.857. The number of amides is 1. The highest BCUT2D eigenvalue weighted by molar-refractivity contribution is 5.46. The highest BCUT2D eigenvalue weighted by Crippen LogP contribution is 2.29. The minimum atomic E-state index is 0.168. The van der Waals surface area contributed by atoms with Crippen LogP contribution >= 0.6 is 0 Å². The normalized spacial score (nSPS) is 24.6. The molecule has 0 aromatic heterocycles. The molecule has 1 atom stereocenters. The van der Waals surface area contributed by atoms with Crippen LogP contribution in [0.5, 0.6) is 0 Å². The molecule has 58 valence electrons. The summed E-state index contributed by atoms with van der Waals surface area (Å²) in [4.78, 5) is 10.1. The number of carbonyl (C=O) groups is 1. The third-order valence-electron chi connectivity index (χ3n) is 2.23. The number of ether oxygens (including phenoxy) is 1. The number of nitrogens with one attached hydrogen (secondary N) is 1. The smallest absolute Gasteiger partial charge is 0.207 e. The van der Waals surface area contributed by atoms with Crippen LogP contribution in [0.25, 0.3) is 0 Å². The van der Waals surface area contributed by atoms with Gasteiger partial charge in [-0.1, -0.05) is 6.92 Å². The molecule has 1 saturated heterocycles. The Morgan fingerprint density at radius 3 is 2.60 bits per heavy atom. The molecule has 0 saturated carbocycles.